The van der Waals surface area contributed by atoms with Crippen LogP contribution in [0.4, 0.5) is 5.69 Å². The van der Waals surface area contributed by atoms with Gasteiger partial charge in [-0.25, -0.2) is 0 Å². The van der Waals surface area contributed by atoms with Crippen molar-refractivity contribution in [3.05, 3.63) is 30.3 Å². The van der Waals surface area contributed by atoms with E-state index in [1.54, 1.807) is 4.90 Å². The smallest absolute Gasteiger partial charge is 0.254 e. The van der Waals surface area contributed by atoms with Gasteiger partial charge in [0.1, 0.15) is 6.54 Å². The van der Waals surface area contributed by atoms with Crippen molar-refractivity contribution in [2.45, 2.75) is 0 Å². The molecule has 1 heterocycles. The molecule has 0 aliphatic carbocycles. The maximum Gasteiger partial charge on any atom is 0.254 e. The highest BCUT2D eigenvalue weighted by atomic mass is 32.2. The fourth-order valence-corrected chi connectivity index (χ4v) is 1.95. The van der Waals surface area contributed by atoms with E-state index < -0.39 is 0 Å². The van der Waals surface area contributed by atoms with Gasteiger partial charge in [0.25, 0.3) is 5.91 Å². The quantitative estimate of drug-likeness (QED) is 0.701. The van der Waals surface area contributed by atoms with Gasteiger partial charge >= 0.3 is 0 Å². The largest absolute Gasteiger partial charge is 0.272 e. The van der Waals surface area contributed by atoms with E-state index in [0.717, 1.165) is 10.9 Å². The summed E-state index contributed by atoms with van der Waals surface area (Å²) in [6.45, 7) is 0.269. The van der Waals surface area contributed by atoms with Crippen molar-refractivity contribution in [1.29, 1.82) is 0 Å². The van der Waals surface area contributed by atoms with Crippen LogP contribution >= 0.6 is 11.8 Å². The summed E-state index contributed by atoms with van der Waals surface area (Å²) in [6, 6.07) is 9.58. The molecule has 0 atom stereocenters. The number of amides is 1. The zero-order valence-electron chi connectivity index (χ0n) is 7.80. The van der Waals surface area contributed by atoms with Crippen LogP contribution < -0.4 is 4.90 Å². The summed E-state index contributed by atoms with van der Waals surface area (Å²) < 4.78 is 0. The highest BCUT2D eigenvalue weighted by Gasteiger charge is 2.25. The predicted octanol–water partition coefficient (Wildman–Crippen LogP) is 1.75. The number of hydrogen-bond acceptors (Lipinski definition) is 3. The monoisotopic (exact) mass is 206 g/mol. The third kappa shape index (κ3) is 1.53. The van der Waals surface area contributed by atoms with Crippen molar-refractivity contribution in [2.24, 2.45) is 4.99 Å². The molecule has 1 aromatic rings. The second-order valence-corrected chi connectivity index (χ2v) is 3.64. The number of amidine groups is 1. The Balaban J connectivity index is 2.34. The van der Waals surface area contributed by atoms with Crippen LogP contribution in [0.1, 0.15) is 0 Å². The van der Waals surface area contributed by atoms with Gasteiger partial charge in [0.15, 0.2) is 5.17 Å². The molecule has 0 aromatic heterocycles. The van der Waals surface area contributed by atoms with Crippen LogP contribution in [0.5, 0.6) is 0 Å². The highest BCUT2D eigenvalue weighted by molar-refractivity contribution is 8.13. The molecule has 0 radical (unpaired) electrons. The van der Waals surface area contributed by atoms with E-state index in [0.29, 0.717) is 0 Å². The molecule has 1 aliphatic heterocycles. The number of para-hydroxylation sites is 1. The Hall–Kier alpha value is -1.29. The molecule has 14 heavy (non-hydrogen) atoms. The zero-order valence-corrected chi connectivity index (χ0v) is 8.62. The Morgan fingerprint density at radius 2 is 2.07 bits per heavy atom. The number of carbonyl (C=O) groups is 1. The van der Waals surface area contributed by atoms with Gasteiger partial charge in [-0.2, -0.15) is 0 Å². The molecular weight excluding hydrogens is 196 g/mol. The molecule has 0 bridgehead atoms. The Labute approximate surface area is 86.8 Å². The molecule has 0 saturated heterocycles. The first kappa shape index (κ1) is 9.27. The third-order valence-electron chi connectivity index (χ3n) is 1.99. The molecule has 72 valence electrons. The minimum Gasteiger partial charge on any atom is -0.272 e. The number of benzene rings is 1. The number of carbonyl (C=O) groups excluding carboxylic acids is 1. The van der Waals surface area contributed by atoms with Gasteiger partial charge in [-0.1, -0.05) is 30.0 Å². The lowest BCUT2D eigenvalue weighted by atomic mass is 10.3. The Morgan fingerprint density at radius 3 is 2.71 bits per heavy atom. The van der Waals surface area contributed by atoms with Gasteiger partial charge in [0.05, 0.1) is 5.69 Å². The predicted molar refractivity (Wildman–Crippen MR) is 59.7 cm³/mol. The normalized spacial score (nSPS) is 15.9. The van der Waals surface area contributed by atoms with Gasteiger partial charge < -0.3 is 0 Å². The van der Waals surface area contributed by atoms with E-state index in [-0.39, 0.29) is 12.5 Å². The minimum atomic E-state index is 0.0422. The average molecular weight is 206 g/mol. The van der Waals surface area contributed by atoms with E-state index in [9.17, 15) is 4.79 Å². The maximum atomic E-state index is 11.5. The second-order valence-electron chi connectivity index (χ2n) is 2.87. The molecule has 0 saturated carbocycles. The summed E-state index contributed by atoms with van der Waals surface area (Å²) in [6.07, 6.45) is 1.92. The third-order valence-corrected chi connectivity index (χ3v) is 2.66. The van der Waals surface area contributed by atoms with E-state index in [4.69, 9.17) is 0 Å². The van der Waals surface area contributed by atoms with Crippen LogP contribution in [-0.2, 0) is 4.79 Å². The van der Waals surface area contributed by atoms with Crippen molar-refractivity contribution in [3.63, 3.8) is 0 Å². The molecule has 1 aromatic carbocycles. The molecule has 4 heteroatoms. The number of hydrogen-bond donors (Lipinski definition) is 0. The average Bonchev–Trinajstić information content (AvgIpc) is 2.61. The molecule has 2 rings (SSSR count). The lowest BCUT2D eigenvalue weighted by Gasteiger charge is -2.16. The first-order chi connectivity index (χ1) is 6.83. The number of rotatable bonds is 1. The van der Waals surface area contributed by atoms with Crippen molar-refractivity contribution < 1.29 is 4.79 Å². The van der Waals surface area contributed by atoms with Crippen LogP contribution in [0, 0.1) is 0 Å². The van der Waals surface area contributed by atoms with Crippen molar-refractivity contribution >= 4 is 28.5 Å². The summed E-state index contributed by atoms with van der Waals surface area (Å²) in [5.41, 5.74) is 0.892. The number of nitrogens with zero attached hydrogens (tertiary/aromatic N) is 2. The fraction of sp³-hybridized carbons (Fsp3) is 0.200. The van der Waals surface area contributed by atoms with Gasteiger partial charge in [0.2, 0.25) is 0 Å². The molecule has 0 spiro atoms. The lowest BCUT2D eigenvalue weighted by molar-refractivity contribution is -0.115. The molecule has 0 N–H and O–H groups in total. The molecular formula is C10H10N2OS. The zero-order chi connectivity index (χ0) is 9.97. The molecule has 1 amide bonds. The Bertz CT molecular complexity index is 375. The van der Waals surface area contributed by atoms with Crippen LogP contribution in [0.25, 0.3) is 0 Å². The summed E-state index contributed by atoms with van der Waals surface area (Å²) >= 11 is 1.49. The maximum absolute atomic E-state index is 11.5. The standard InChI is InChI=1S/C10H10N2OS/c1-14-10-11-7-9(13)12(10)8-5-3-2-4-6-8/h2-6H,7H2,1H3. The van der Waals surface area contributed by atoms with Gasteiger partial charge in [-0.05, 0) is 18.4 Å². The van der Waals surface area contributed by atoms with E-state index in [1.807, 2.05) is 36.6 Å². The molecule has 1 aliphatic rings. The molecule has 3 nitrogen and oxygen atoms in total. The summed E-state index contributed by atoms with van der Waals surface area (Å²) in [7, 11) is 0. The molecule has 0 fully saturated rings. The number of thioether (sulfide) groups is 1. The van der Waals surface area contributed by atoms with E-state index in [1.165, 1.54) is 11.8 Å². The first-order valence-corrected chi connectivity index (χ1v) is 5.52. The second kappa shape index (κ2) is 3.84. The van der Waals surface area contributed by atoms with Crippen LogP contribution in [0.15, 0.2) is 35.3 Å². The topological polar surface area (TPSA) is 32.7 Å². The molecule has 0 unspecified atom stereocenters. The van der Waals surface area contributed by atoms with Crippen molar-refractivity contribution in [1.82, 2.24) is 0 Å². The van der Waals surface area contributed by atoms with E-state index >= 15 is 0 Å². The Kier molecular flexibility index (Phi) is 2.54. The van der Waals surface area contributed by atoms with Gasteiger partial charge in [0, 0.05) is 0 Å². The van der Waals surface area contributed by atoms with Crippen LogP contribution in [0.3, 0.4) is 0 Å². The SMILES string of the molecule is CSC1=NCC(=O)N1c1ccccc1. The summed E-state index contributed by atoms with van der Waals surface area (Å²) in [5, 5.41) is 0.779. The summed E-state index contributed by atoms with van der Waals surface area (Å²) in [5.74, 6) is 0.0422. The Morgan fingerprint density at radius 1 is 1.36 bits per heavy atom. The number of aliphatic imine (C=N–C) groups is 1. The lowest BCUT2D eigenvalue weighted by Crippen LogP contribution is -2.30. The van der Waals surface area contributed by atoms with Gasteiger partial charge in [-0.15, -0.1) is 0 Å². The number of anilines is 1. The van der Waals surface area contributed by atoms with E-state index in [2.05, 4.69) is 4.99 Å². The van der Waals surface area contributed by atoms with Crippen molar-refractivity contribution in [3.8, 4) is 0 Å². The first-order valence-electron chi connectivity index (χ1n) is 4.29. The van der Waals surface area contributed by atoms with Crippen molar-refractivity contribution in [2.75, 3.05) is 17.7 Å². The van der Waals surface area contributed by atoms with Crippen LogP contribution in [-0.4, -0.2) is 23.9 Å². The van der Waals surface area contributed by atoms with Crippen LogP contribution in [0.2, 0.25) is 0 Å². The van der Waals surface area contributed by atoms with Gasteiger partial charge in [-0.3, -0.25) is 14.7 Å². The fourth-order valence-electron chi connectivity index (χ4n) is 1.37. The highest BCUT2D eigenvalue weighted by Crippen LogP contribution is 2.21. The summed E-state index contributed by atoms with van der Waals surface area (Å²) in [4.78, 5) is 17.3. The minimum absolute atomic E-state index is 0.0422.